The second-order valence-corrected chi connectivity index (χ2v) is 6.31. The standard InChI is InChI=1S/C14H16N2OS/c15-8-11-10-2-1-3-12(10)18-14(11)16-13(17)7-6-9-4-5-9/h9H,1-7H2,(H,16,17). The predicted octanol–water partition coefficient (Wildman–Crippen LogP) is 3.24. The van der Waals surface area contributed by atoms with Crippen molar-refractivity contribution in [3.63, 3.8) is 0 Å². The first-order chi connectivity index (χ1) is 8.78. The Morgan fingerprint density at radius 2 is 2.28 bits per heavy atom. The highest BCUT2D eigenvalue weighted by Gasteiger charge is 2.24. The first-order valence-corrected chi connectivity index (χ1v) is 7.44. The lowest BCUT2D eigenvalue weighted by molar-refractivity contribution is -0.116. The van der Waals surface area contributed by atoms with Gasteiger partial charge in [-0.05, 0) is 37.2 Å². The minimum absolute atomic E-state index is 0.0679. The van der Waals surface area contributed by atoms with E-state index in [9.17, 15) is 10.1 Å². The van der Waals surface area contributed by atoms with E-state index < -0.39 is 0 Å². The van der Waals surface area contributed by atoms with E-state index in [2.05, 4.69) is 11.4 Å². The van der Waals surface area contributed by atoms with Crippen molar-refractivity contribution in [2.24, 2.45) is 5.92 Å². The van der Waals surface area contributed by atoms with Crippen molar-refractivity contribution < 1.29 is 4.79 Å². The third-order valence-corrected chi connectivity index (χ3v) is 4.97. The van der Waals surface area contributed by atoms with Gasteiger partial charge in [0, 0.05) is 11.3 Å². The molecule has 0 saturated heterocycles. The fourth-order valence-electron chi connectivity index (χ4n) is 2.54. The van der Waals surface area contributed by atoms with Crippen molar-refractivity contribution >= 4 is 22.2 Å². The molecule has 1 heterocycles. The van der Waals surface area contributed by atoms with E-state index in [4.69, 9.17) is 0 Å². The molecule has 1 saturated carbocycles. The van der Waals surface area contributed by atoms with E-state index in [1.807, 2.05) is 0 Å². The summed E-state index contributed by atoms with van der Waals surface area (Å²) in [5, 5.41) is 12.9. The maximum Gasteiger partial charge on any atom is 0.225 e. The highest BCUT2D eigenvalue weighted by molar-refractivity contribution is 7.16. The zero-order chi connectivity index (χ0) is 12.5. The number of aryl methyl sites for hydroxylation is 1. The molecule has 0 aromatic carbocycles. The summed E-state index contributed by atoms with van der Waals surface area (Å²) in [6.45, 7) is 0. The van der Waals surface area contributed by atoms with Crippen molar-refractivity contribution in [1.29, 1.82) is 5.26 Å². The number of nitriles is 1. The molecule has 0 atom stereocenters. The molecule has 4 heteroatoms. The molecule has 0 unspecified atom stereocenters. The van der Waals surface area contributed by atoms with Crippen LogP contribution in [0.25, 0.3) is 0 Å². The summed E-state index contributed by atoms with van der Waals surface area (Å²) in [4.78, 5) is 13.1. The van der Waals surface area contributed by atoms with Crippen molar-refractivity contribution in [3.8, 4) is 6.07 Å². The van der Waals surface area contributed by atoms with Crippen molar-refractivity contribution in [2.75, 3.05) is 5.32 Å². The molecule has 3 nitrogen and oxygen atoms in total. The Labute approximate surface area is 111 Å². The third kappa shape index (κ3) is 2.28. The van der Waals surface area contributed by atoms with Gasteiger partial charge in [0.2, 0.25) is 5.91 Å². The smallest absolute Gasteiger partial charge is 0.225 e. The summed E-state index contributed by atoms with van der Waals surface area (Å²) in [6.07, 6.45) is 7.36. The van der Waals surface area contributed by atoms with E-state index in [-0.39, 0.29) is 5.91 Å². The number of rotatable bonds is 4. The average Bonchev–Trinajstić information content (AvgIpc) is 2.98. The Bertz CT molecular complexity index is 523. The van der Waals surface area contributed by atoms with E-state index in [0.717, 1.165) is 36.6 Å². The molecule has 0 spiro atoms. The van der Waals surface area contributed by atoms with Gasteiger partial charge in [0.05, 0.1) is 5.56 Å². The number of hydrogen-bond acceptors (Lipinski definition) is 3. The van der Waals surface area contributed by atoms with Crippen LogP contribution in [0.2, 0.25) is 0 Å². The summed E-state index contributed by atoms with van der Waals surface area (Å²) in [5.74, 6) is 0.845. The van der Waals surface area contributed by atoms with E-state index in [1.54, 1.807) is 11.3 Å². The highest BCUT2D eigenvalue weighted by atomic mass is 32.1. The van der Waals surface area contributed by atoms with Crippen LogP contribution in [0.5, 0.6) is 0 Å². The van der Waals surface area contributed by atoms with E-state index in [1.165, 1.54) is 23.3 Å². The van der Waals surface area contributed by atoms with Crippen LogP contribution in [0.3, 0.4) is 0 Å². The molecular weight excluding hydrogens is 244 g/mol. The molecule has 18 heavy (non-hydrogen) atoms. The second kappa shape index (κ2) is 4.74. The zero-order valence-corrected chi connectivity index (χ0v) is 11.1. The number of carbonyl (C=O) groups excluding carboxylic acids is 1. The van der Waals surface area contributed by atoms with Gasteiger partial charge in [0.25, 0.3) is 0 Å². The molecule has 1 N–H and O–H groups in total. The number of nitrogens with zero attached hydrogens (tertiary/aromatic N) is 1. The molecule has 0 radical (unpaired) electrons. The Morgan fingerprint density at radius 1 is 1.44 bits per heavy atom. The van der Waals surface area contributed by atoms with Crippen LogP contribution in [0.15, 0.2) is 0 Å². The largest absolute Gasteiger partial charge is 0.317 e. The average molecular weight is 260 g/mol. The van der Waals surface area contributed by atoms with Crippen LogP contribution in [-0.4, -0.2) is 5.91 Å². The molecule has 1 amide bonds. The lowest BCUT2D eigenvalue weighted by Gasteiger charge is -2.03. The Hall–Kier alpha value is -1.34. The molecular formula is C14H16N2OS. The Morgan fingerprint density at radius 3 is 3.00 bits per heavy atom. The molecule has 1 aromatic rings. The van der Waals surface area contributed by atoms with E-state index in [0.29, 0.717) is 12.0 Å². The number of fused-ring (bicyclic) bond motifs is 1. The fraction of sp³-hybridized carbons (Fsp3) is 0.571. The minimum Gasteiger partial charge on any atom is -0.317 e. The number of thiophene rings is 1. The van der Waals surface area contributed by atoms with Crippen molar-refractivity contribution in [1.82, 2.24) is 0 Å². The topological polar surface area (TPSA) is 52.9 Å². The van der Waals surface area contributed by atoms with Crippen LogP contribution >= 0.6 is 11.3 Å². The second-order valence-electron chi connectivity index (χ2n) is 5.20. The number of nitrogens with one attached hydrogen (secondary N) is 1. The summed E-state index contributed by atoms with van der Waals surface area (Å²) in [6, 6.07) is 2.25. The molecule has 1 fully saturated rings. The summed E-state index contributed by atoms with van der Waals surface area (Å²) < 4.78 is 0. The van der Waals surface area contributed by atoms with Gasteiger partial charge in [-0.25, -0.2) is 0 Å². The number of anilines is 1. The number of hydrogen-bond donors (Lipinski definition) is 1. The summed E-state index contributed by atoms with van der Waals surface area (Å²) in [5.41, 5.74) is 1.90. The lowest BCUT2D eigenvalue weighted by atomic mass is 10.1. The van der Waals surface area contributed by atoms with Crippen LogP contribution < -0.4 is 5.32 Å². The van der Waals surface area contributed by atoms with E-state index >= 15 is 0 Å². The molecule has 2 aliphatic rings. The molecule has 0 bridgehead atoms. The fourth-order valence-corrected chi connectivity index (χ4v) is 3.80. The van der Waals surface area contributed by atoms with Gasteiger partial charge in [-0.1, -0.05) is 12.8 Å². The lowest BCUT2D eigenvalue weighted by Crippen LogP contribution is -2.11. The Balaban J connectivity index is 1.68. The molecule has 3 rings (SSSR count). The molecule has 94 valence electrons. The SMILES string of the molecule is N#Cc1c(NC(=O)CCC2CC2)sc2c1CCC2. The maximum absolute atomic E-state index is 11.8. The monoisotopic (exact) mass is 260 g/mol. The predicted molar refractivity (Wildman–Crippen MR) is 71.6 cm³/mol. The third-order valence-electron chi connectivity index (χ3n) is 3.76. The quantitative estimate of drug-likeness (QED) is 0.903. The molecule has 0 aliphatic heterocycles. The van der Waals surface area contributed by atoms with Gasteiger partial charge in [-0.2, -0.15) is 5.26 Å². The maximum atomic E-state index is 11.8. The van der Waals surface area contributed by atoms with Crippen LogP contribution in [0, 0.1) is 17.2 Å². The van der Waals surface area contributed by atoms with Crippen LogP contribution in [-0.2, 0) is 17.6 Å². The van der Waals surface area contributed by atoms with Crippen molar-refractivity contribution in [3.05, 3.63) is 16.0 Å². The first kappa shape index (κ1) is 11.7. The van der Waals surface area contributed by atoms with Gasteiger partial charge in [0.1, 0.15) is 11.1 Å². The molecule has 1 aromatic heterocycles. The number of amides is 1. The van der Waals surface area contributed by atoms with Gasteiger partial charge in [0.15, 0.2) is 0 Å². The zero-order valence-electron chi connectivity index (χ0n) is 10.3. The van der Waals surface area contributed by atoms with Crippen molar-refractivity contribution in [2.45, 2.75) is 44.9 Å². The minimum atomic E-state index is 0.0679. The Kier molecular flexibility index (Phi) is 3.09. The van der Waals surface area contributed by atoms with Gasteiger partial charge in [-0.15, -0.1) is 11.3 Å². The van der Waals surface area contributed by atoms with Gasteiger partial charge >= 0.3 is 0 Å². The van der Waals surface area contributed by atoms with Gasteiger partial charge < -0.3 is 5.32 Å². The van der Waals surface area contributed by atoms with Gasteiger partial charge in [-0.3, -0.25) is 4.79 Å². The normalized spacial score (nSPS) is 17.3. The summed E-state index contributed by atoms with van der Waals surface area (Å²) in [7, 11) is 0. The van der Waals surface area contributed by atoms with Crippen LogP contribution in [0.4, 0.5) is 5.00 Å². The highest BCUT2D eigenvalue weighted by Crippen LogP contribution is 2.39. The van der Waals surface area contributed by atoms with Crippen LogP contribution in [0.1, 0.15) is 48.1 Å². The summed E-state index contributed by atoms with van der Waals surface area (Å²) >= 11 is 1.60. The molecule has 2 aliphatic carbocycles. The first-order valence-electron chi connectivity index (χ1n) is 6.62. The number of carbonyl (C=O) groups is 1.